The largest absolute Gasteiger partial charge is 0.392 e. The maximum atomic E-state index is 11.6. The molecule has 2 heterocycles. The monoisotopic (exact) mass is 648 g/mol. The van der Waals surface area contributed by atoms with Crippen molar-refractivity contribution in [3.05, 3.63) is 116 Å². The van der Waals surface area contributed by atoms with Crippen LogP contribution in [0.15, 0.2) is 66.7 Å². The van der Waals surface area contributed by atoms with Crippen molar-refractivity contribution in [2.24, 2.45) is 11.5 Å². The van der Waals surface area contributed by atoms with Crippen molar-refractivity contribution in [3.63, 3.8) is 0 Å². The molecule has 0 unspecified atom stereocenters. The van der Waals surface area contributed by atoms with E-state index in [1.54, 1.807) is 56.3 Å². The second-order valence-corrected chi connectivity index (χ2v) is 11.4. The summed E-state index contributed by atoms with van der Waals surface area (Å²) >= 11 is 12.2. The molecule has 6 rings (SSSR count). The van der Waals surface area contributed by atoms with Crippen molar-refractivity contribution in [1.29, 1.82) is 10.5 Å². The first kappa shape index (κ1) is 31.8. The molecule has 2 amide bonds. The van der Waals surface area contributed by atoms with Crippen LogP contribution in [0, 0.1) is 36.5 Å². The molecule has 0 aliphatic rings. The highest BCUT2D eigenvalue weighted by Gasteiger charge is 2.19. The van der Waals surface area contributed by atoms with Gasteiger partial charge in [0.05, 0.1) is 40.9 Å². The van der Waals surface area contributed by atoms with Crippen molar-refractivity contribution >= 4 is 56.8 Å². The summed E-state index contributed by atoms with van der Waals surface area (Å²) in [5.74, 6) is -1.08. The molecule has 4 aromatic carbocycles. The molecule has 228 valence electrons. The van der Waals surface area contributed by atoms with Gasteiger partial charge in [0.2, 0.25) is 0 Å². The number of aliphatic hydroxyl groups excluding tert-OH is 1. The smallest absolute Gasteiger partial charge is 0.265 e. The maximum Gasteiger partial charge on any atom is 0.265 e. The minimum atomic E-state index is -0.551. The van der Waals surface area contributed by atoms with E-state index in [0.717, 1.165) is 49.7 Å². The first-order valence-electron chi connectivity index (χ1n) is 13.8. The molecule has 0 spiro atoms. The molecule has 0 aliphatic carbocycles. The fraction of sp³-hybridized carbons (Fsp3) is 0.0857. The molecule has 2 aromatic heterocycles. The number of nitrogens with zero attached hydrogens (tertiary/aromatic N) is 2. The summed E-state index contributed by atoms with van der Waals surface area (Å²) in [4.78, 5) is 29.3. The number of halogens is 2. The molecule has 7 N–H and O–H groups in total. The lowest BCUT2D eigenvalue weighted by Gasteiger charge is -2.08. The Kier molecular flexibility index (Phi) is 8.86. The van der Waals surface area contributed by atoms with Crippen molar-refractivity contribution in [3.8, 4) is 34.4 Å². The first-order chi connectivity index (χ1) is 22.0. The average Bonchev–Trinajstić information content (AvgIpc) is 3.57. The topological polar surface area (TPSA) is 186 Å². The molecular formula is C35H26Cl2N6O3. The zero-order valence-corrected chi connectivity index (χ0v) is 26.1. The Balaban J connectivity index is 0.000000181. The predicted molar refractivity (Wildman–Crippen MR) is 179 cm³/mol. The van der Waals surface area contributed by atoms with Crippen molar-refractivity contribution < 1.29 is 14.7 Å². The SMILES string of the molecule is Cc1c(C(N)=O)[nH]c2c(-c3ccc(CO)cc3)cc(C#N)cc12.Cc1c(C(N)=O)[nH]c2c(-c3ccc(Cl)cc3Cl)cc(C#N)cc12. The number of aliphatic hydroxyl groups is 1. The van der Waals surface area contributed by atoms with E-state index in [1.807, 2.05) is 24.3 Å². The maximum absolute atomic E-state index is 11.6. The molecule has 6 aromatic rings. The Hall–Kier alpha value is -5.58. The Morgan fingerprint density at radius 1 is 0.739 bits per heavy atom. The van der Waals surface area contributed by atoms with Crippen LogP contribution < -0.4 is 11.5 Å². The second-order valence-electron chi connectivity index (χ2n) is 10.6. The number of carbonyl (C=O) groups is 2. The van der Waals surface area contributed by atoms with Crippen LogP contribution in [0.2, 0.25) is 10.0 Å². The van der Waals surface area contributed by atoms with E-state index in [9.17, 15) is 20.1 Å². The molecule has 0 atom stereocenters. The Morgan fingerprint density at radius 2 is 1.24 bits per heavy atom. The summed E-state index contributed by atoms with van der Waals surface area (Å²) in [7, 11) is 0. The lowest BCUT2D eigenvalue weighted by molar-refractivity contribution is 0.0987. The fourth-order valence-electron chi connectivity index (χ4n) is 5.41. The van der Waals surface area contributed by atoms with Gasteiger partial charge >= 0.3 is 0 Å². The van der Waals surface area contributed by atoms with Gasteiger partial charge < -0.3 is 26.5 Å². The van der Waals surface area contributed by atoms with Gasteiger partial charge in [-0.05, 0) is 72.5 Å². The third-order valence-corrected chi connectivity index (χ3v) is 8.30. The summed E-state index contributed by atoms with van der Waals surface area (Å²) < 4.78 is 0. The molecule has 0 aliphatic heterocycles. The number of hydrogen-bond donors (Lipinski definition) is 5. The number of aryl methyl sites for hydroxylation is 2. The lowest BCUT2D eigenvalue weighted by atomic mass is 9.98. The van der Waals surface area contributed by atoms with Gasteiger partial charge in [0.25, 0.3) is 11.8 Å². The van der Waals surface area contributed by atoms with Crippen LogP contribution in [0.25, 0.3) is 44.1 Å². The van der Waals surface area contributed by atoms with E-state index in [2.05, 4.69) is 22.1 Å². The van der Waals surface area contributed by atoms with E-state index in [4.69, 9.17) is 39.8 Å². The second kappa shape index (κ2) is 12.8. The molecule has 0 radical (unpaired) electrons. The fourth-order valence-corrected chi connectivity index (χ4v) is 5.92. The molecule has 0 saturated heterocycles. The molecular weight excluding hydrogens is 623 g/mol. The van der Waals surface area contributed by atoms with Crippen LogP contribution in [0.4, 0.5) is 0 Å². The summed E-state index contributed by atoms with van der Waals surface area (Å²) in [5, 5.41) is 30.3. The predicted octanol–water partition coefficient (Wildman–Crippen LogP) is 7.03. The molecule has 9 nitrogen and oxygen atoms in total. The summed E-state index contributed by atoms with van der Waals surface area (Å²) in [6.07, 6.45) is 0. The quantitative estimate of drug-likeness (QED) is 0.134. The van der Waals surface area contributed by atoms with Gasteiger partial charge in [-0.3, -0.25) is 9.59 Å². The van der Waals surface area contributed by atoms with Crippen molar-refractivity contribution in [1.82, 2.24) is 9.97 Å². The summed E-state index contributed by atoms with van der Waals surface area (Å²) in [5.41, 5.74) is 19.3. The van der Waals surface area contributed by atoms with E-state index in [-0.39, 0.29) is 6.61 Å². The van der Waals surface area contributed by atoms with Crippen LogP contribution in [0.5, 0.6) is 0 Å². The molecule has 0 bridgehead atoms. The summed E-state index contributed by atoms with van der Waals surface area (Å²) in [6, 6.07) is 23.8. The van der Waals surface area contributed by atoms with Gasteiger partial charge in [0.15, 0.2) is 0 Å². The number of nitrogens with two attached hydrogens (primary N) is 2. The zero-order chi connectivity index (χ0) is 33.3. The highest BCUT2D eigenvalue weighted by molar-refractivity contribution is 6.36. The molecule has 0 fully saturated rings. The van der Waals surface area contributed by atoms with Gasteiger partial charge in [-0.25, -0.2) is 0 Å². The molecule has 46 heavy (non-hydrogen) atoms. The summed E-state index contributed by atoms with van der Waals surface area (Å²) in [6.45, 7) is 3.56. The highest BCUT2D eigenvalue weighted by Crippen LogP contribution is 2.37. The number of fused-ring (bicyclic) bond motifs is 2. The van der Waals surface area contributed by atoms with E-state index < -0.39 is 11.8 Å². The van der Waals surface area contributed by atoms with Crippen LogP contribution in [-0.2, 0) is 6.61 Å². The van der Waals surface area contributed by atoms with E-state index in [1.165, 1.54) is 0 Å². The Morgan fingerprint density at radius 3 is 1.70 bits per heavy atom. The number of amides is 2. The normalized spacial score (nSPS) is 10.7. The van der Waals surface area contributed by atoms with Gasteiger partial charge in [-0.1, -0.05) is 53.5 Å². The van der Waals surface area contributed by atoms with Gasteiger partial charge in [0, 0.05) is 37.5 Å². The molecule has 0 saturated carbocycles. The van der Waals surface area contributed by atoms with Crippen LogP contribution in [0.3, 0.4) is 0 Å². The zero-order valence-electron chi connectivity index (χ0n) is 24.6. The number of hydrogen-bond acceptors (Lipinski definition) is 5. The van der Waals surface area contributed by atoms with Crippen molar-refractivity contribution in [2.75, 3.05) is 0 Å². The number of aromatic amines is 2. The molecule has 11 heteroatoms. The Labute approximate surface area is 273 Å². The number of H-pyrrole nitrogens is 2. The number of nitriles is 2. The lowest BCUT2D eigenvalue weighted by Crippen LogP contribution is -2.12. The standard InChI is InChI=1S/C18H15N3O2.C17H11Cl2N3O/c1-10-14-6-12(8-19)7-15(17(14)21-16(10)18(20)23)13-4-2-11(9-22)3-5-13;1-8-12-4-9(7-20)5-13(16(12)22-15(8)17(21)23)11-3-2-10(18)6-14(11)19/h2-7,21-22H,9H2,1H3,(H2,20,23);2-6,22H,1H3,(H2,21,23). The van der Waals surface area contributed by atoms with Crippen LogP contribution in [0.1, 0.15) is 48.8 Å². The minimum Gasteiger partial charge on any atom is -0.392 e. The van der Waals surface area contributed by atoms with E-state index >= 15 is 0 Å². The van der Waals surface area contributed by atoms with Gasteiger partial charge in [0.1, 0.15) is 11.4 Å². The number of benzene rings is 4. The number of nitrogens with one attached hydrogen (secondary N) is 2. The Bertz CT molecular complexity index is 2270. The third kappa shape index (κ3) is 5.91. The number of carbonyl (C=O) groups excluding carboxylic acids is 2. The van der Waals surface area contributed by atoms with Crippen molar-refractivity contribution in [2.45, 2.75) is 20.5 Å². The number of primary amides is 2. The number of rotatable bonds is 5. The highest BCUT2D eigenvalue weighted by atomic mass is 35.5. The van der Waals surface area contributed by atoms with Crippen LogP contribution >= 0.6 is 23.2 Å². The van der Waals surface area contributed by atoms with Crippen LogP contribution in [-0.4, -0.2) is 26.9 Å². The minimum absolute atomic E-state index is 0.0264. The van der Waals surface area contributed by atoms with Gasteiger partial charge in [-0.15, -0.1) is 0 Å². The third-order valence-electron chi connectivity index (χ3n) is 7.75. The first-order valence-corrected chi connectivity index (χ1v) is 14.6. The van der Waals surface area contributed by atoms with Gasteiger partial charge in [-0.2, -0.15) is 10.5 Å². The average molecular weight is 650 g/mol. The van der Waals surface area contributed by atoms with E-state index in [0.29, 0.717) is 43.6 Å². The number of aromatic nitrogens is 2.